The number of hydrogen-bond donors (Lipinski definition) is 5. The standard InChI is InChI=1S/C21H17F4N5O3/c1-10(31)28-19-17(18(26)32)14(9-27-19)11-2-5-13(6-3-11)29-20(33)30-16-8-12(21(23,24)25)4-7-15(16)22/h2-9,27H,1H3,(H2,26,32)(H,28,31)(H2,29,30,33). The first-order valence-corrected chi connectivity index (χ1v) is 9.29. The van der Waals surface area contributed by atoms with Crippen LogP contribution in [-0.4, -0.2) is 22.8 Å². The molecule has 8 nitrogen and oxygen atoms in total. The molecule has 172 valence electrons. The number of aromatic amines is 1. The molecule has 3 rings (SSSR count). The average Bonchev–Trinajstić information content (AvgIpc) is 3.12. The monoisotopic (exact) mass is 463 g/mol. The molecule has 3 aromatic rings. The van der Waals surface area contributed by atoms with Crippen LogP contribution in [0.1, 0.15) is 22.8 Å². The third-order valence-electron chi connectivity index (χ3n) is 4.42. The van der Waals surface area contributed by atoms with Gasteiger partial charge in [0.1, 0.15) is 11.6 Å². The highest BCUT2D eigenvalue weighted by Gasteiger charge is 2.31. The zero-order valence-corrected chi connectivity index (χ0v) is 16.9. The molecular formula is C21H17F4N5O3. The van der Waals surface area contributed by atoms with Crippen molar-refractivity contribution in [1.82, 2.24) is 4.98 Å². The van der Waals surface area contributed by atoms with Gasteiger partial charge >= 0.3 is 12.2 Å². The normalized spacial score (nSPS) is 11.1. The smallest absolute Gasteiger partial charge is 0.365 e. The molecule has 0 fully saturated rings. The van der Waals surface area contributed by atoms with Gasteiger partial charge in [0, 0.05) is 24.4 Å². The zero-order chi connectivity index (χ0) is 24.3. The van der Waals surface area contributed by atoms with Crippen molar-refractivity contribution >= 4 is 35.0 Å². The Hall–Kier alpha value is -4.35. The van der Waals surface area contributed by atoms with E-state index in [9.17, 15) is 31.9 Å². The van der Waals surface area contributed by atoms with Crippen LogP contribution < -0.4 is 21.7 Å². The highest BCUT2D eigenvalue weighted by molar-refractivity contribution is 6.07. The van der Waals surface area contributed by atoms with E-state index in [0.29, 0.717) is 29.3 Å². The predicted molar refractivity (Wildman–Crippen MR) is 113 cm³/mol. The van der Waals surface area contributed by atoms with E-state index < -0.39 is 41.1 Å². The van der Waals surface area contributed by atoms with E-state index in [0.717, 1.165) is 0 Å². The number of anilines is 3. The van der Waals surface area contributed by atoms with Crippen molar-refractivity contribution in [3.05, 3.63) is 65.6 Å². The van der Waals surface area contributed by atoms with Gasteiger partial charge in [-0.1, -0.05) is 12.1 Å². The fourth-order valence-electron chi connectivity index (χ4n) is 3.00. The molecular weight excluding hydrogens is 446 g/mol. The Kier molecular flexibility index (Phi) is 6.38. The number of alkyl halides is 3. The Labute approximate surface area is 184 Å². The molecule has 0 aliphatic heterocycles. The summed E-state index contributed by atoms with van der Waals surface area (Å²) in [5.41, 5.74) is 4.88. The number of nitrogens with one attached hydrogen (secondary N) is 4. The first-order valence-electron chi connectivity index (χ1n) is 9.29. The van der Waals surface area contributed by atoms with Crippen LogP contribution in [-0.2, 0) is 11.0 Å². The first-order chi connectivity index (χ1) is 15.5. The summed E-state index contributed by atoms with van der Waals surface area (Å²) in [4.78, 5) is 38.0. The number of carbonyl (C=O) groups is 3. The molecule has 0 unspecified atom stereocenters. The van der Waals surface area contributed by atoms with Gasteiger partial charge in [-0.2, -0.15) is 13.2 Å². The van der Waals surface area contributed by atoms with Crippen molar-refractivity contribution in [2.24, 2.45) is 5.73 Å². The van der Waals surface area contributed by atoms with Crippen LogP contribution in [0.25, 0.3) is 11.1 Å². The van der Waals surface area contributed by atoms with Crippen molar-refractivity contribution in [3.8, 4) is 11.1 Å². The number of urea groups is 1. The minimum Gasteiger partial charge on any atom is -0.365 e. The Balaban J connectivity index is 1.76. The van der Waals surface area contributed by atoms with E-state index in [-0.39, 0.29) is 17.1 Å². The Morgan fingerprint density at radius 2 is 1.64 bits per heavy atom. The lowest BCUT2D eigenvalue weighted by Gasteiger charge is -2.12. The largest absolute Gasteiger partial charge is 0.416 e. The molecule has 0 aliphatic carbocycles. The molecule has 6 N–H and O–H groups in total. The van der Waals surface area contributed by atoms with Gasteiger partial charge in [0.25, 0.3) is 5.91 Å². The summed E-state index contributed by atoms with van der Waals surface area (Å²) in [5, 5.41) is 6.86. The third-order valence-corrected chi connectivity index (χ3v) is 4.42. The van der Waals surface area contributed by atoms with E-state index in [4.69, 9.17) is 5.73 Å². The number of aromatic nitrogens is 1. The molecule has 4 amide bonds. The molecule has 2 aromatic carbocycles. The number of carbonyl (C=O) groups excluding carboxylic acids is 3. The van der Waals surface area contributed by atoms with Crippen molar-refractivity contribution < 1.29 is 31.9 Å². The van der Waals surface area contributed by atoms with Crippen LogP contribution in [0.4, 0.5) is 39.5 Å². The lowest BCUT2D eigenvalue weighted by Crippen LogP contribution is -2.20. The number of hydrogen-bond acceptors (Lipinski definition) is 3. The highest BCUT2D eigenvalue weighted by atomic mass is 19.4. The number of primary amides is 1. The topological polar surface area (TPSA) is 129 Å². The Bertz CT molecular complexity index is 1220. The summed E-state index contributed by atoms with van der Waals surface area (Å²) in [5.74, 6) is -2.09. The third kappa shape index (κ3) is 5.47. The molecule has 12 heteroatoms. The van der Waals surface area contributed by atoms with Crippen molar-refractivity contribution in [2.45, 2.75) is 13.1 Å². The van der Waals surface area contributed by atoms with E-state index in [1.807, 2.05) is 5.32 Å². The predicted octanol–water partition coefficient (Wildman–Crippen LogP) is 4.54. The number of nitrogens with two attached hydrogens (primary N) is 1. The molecule has 0 saturated heterocycles. The number of benzene rings is 2. The maximum Gasteiger partial charge on any atom is 0.416 e. The van der Waals surface area contributed by atoms with Gasteiger partial charge in [0.2, 0.25) is 5.91 Å². The summed E-state index contributed by atoms with van der Waals surface area (Å²) >= 11 is 0. The van der Waals surface area contributed by atoms with Gasteiger partial charge in [-0.05, 0) is 35.9 Å². The second-order valence-electron chi connectivity index (χ2n) is 6.85. The fraction of sp³-hybridized carbons (Fsp3) is 0.0952. The first kappa shape index (κ1) is 23.3. The van der Waals surface area contributed by atoms with Crippen LogP contribution in [0.3, 0.4) is 0 Å². The van der Waals surface area contributed by atoms with Crippen molar-refractivity contribution in [1.29, 1.82) is 0 Å². The minimum atomic E-state index is -4.70. The second-order valence-corrected chi connectivity index (χ2v) is 6.85. The van der Waals surface area contributed by atoms with Crippen LogP contribution in [0.5, 0.6) is 0 Å². The molecule has 0 aliphatic rings. The van der Waals surface area contributed by atoms with Gasteiger partial charge in [0.15, 0.2) is 0 Å². The van der Waals surface area contributed by atoms with Crippen LogP contribution >= 0.6 is 0 Å². The minimum absolute atomic E-state index is 0.0590. The van der Waals surface area contributed by atoms with Crippen LogP contribution in [0.15, 0.2) is 48.7 Å². The fourth-order valence-corrected chi connectivity index (χ4v) is 3.00. The Morgan fingerprint density at radius 1 is 0.970 bits per heavy atom. The van der Waals surface area contributed by atoms with Crippen molar-refractivity contribution in [2.75, 3.05) is 16.0 Å². The molecule has 0 saturated carbocycles. The molecule has 0 radical (unpaired) electrons. The van der Waals surface area contributed by atoms with Crippen LogP contribution in [0, 0.1) is 5.82 Å². The molecule has 0 spiro atoms. The maximum absolute atomic E-state index is 13.8. The lowest BCUT2D eigenvalue weighted by atomic mass is 10.0. The van der Waals surface area contributed by atoms with Gasteiger partial charge in [-0.25, -0.2) is 9.18 Å². The Morgan fingerprint density at radius 3 is 2.21 bits per heavy atom. The van der Waals surface area contributed by atoms with Gasteiger partial charge in [0.05, 0.1) is 16.8 Å². The van der Waals surface area contributed by atoms with Crippen molar-refractivity contribution in [3.63, 3.8) is 0 Å². The number of amides is 4. The SMILES string of the molecule is CC(=O)Nc1[nH]cc(-c2ccc(NC(=O)Nc3cc(C(F)(F)F)ccc3F)cc2)c1C(N)=O. The lowest BCUT2D eigenvalue weighted by molar-refractivity contribution is -0.137. The number of rotatable bonds is 5. The summed E-state index contributed by atoms with van der Waals surface area (Å²) in [6.45, 7) is 1.27. The molecule has 0 atom stereocenters. The van der Waals surface area contributed by atoms with E-state index in [2.05, 4.69) is 15.6 Å². The summed E-state index contributed by atoms with van der Waals surface area (Å²) < 4.78 is 52.2. The van der Waals surface area contributed by atoms with Gasteiger partial charge in [-0.3, -0.25) is 9.59 Å². The molecule has 1 heterocycles. The van der Waals surface area contributed by atoms with E-state index in [1.165, 1.54) is 37.4 Å². The summed E-state index contributed by atoms with van der Waals surface area (Å²) in [6, 6.07) is 6.67. The number of halogens is 4. The molecule has 33 heavy (non-hydrogen) atoms. The average molecular weight is 463 g/mol. The van der Waals surface area contributed by atoms with E-state index in [1.54, 1.807) is 0 Å². The zero-order valence-electron chi connectivity index (χ0n) is 16.9. The van der Waals surface area contributed by atoms with Gasteiger partial charge < -0.3 is 26.7 Å². The summed E-state index contributed by atoms with van der Waals surface area (Å²) in [7, 11) is 0. The summed E-state index contributed by atoms with van der Waals surface area (Å²) in [6.07, 6.45) is -3.23. The maximum atomic E-state index is 13.8. The molecule has 1 aromatic heterocycles. The second kappa shape index (κ2) is 9.02. The molecule has 0 bridgehead atoms. The van der Waals surface area contributed by atoms with Gasteiger partial charge in [-0.15, -0.1) is 0 Å². The highest BCUT2D eigenvalue weighted by Crippen LogP contribution is 2.32. The van der Waals surface area contributed by atoms with E-state index >= 15 is 0 Å². The number of H-pyrrole nitrogens is 1. The quantitative estimate of drug-likeness (QED) is 0.356. The van der Waals surface area contributed by atoms with Crippen LogP contribution in [0.2, 0.25) is 0 Å².